The van der Waals surface area contributed by atoms with Gasteiger partial charge in [-0.05, 0) is 25.0 Å². The minimum absolute atomic E-state index is 0.0344. The second kappa shape index (κ2) is 5.83. The first-order valence-corrected chi connectivity index (χ1v) is 5.21. The highest BCUT2D eigenvalue weighted by atomic mass is 16.6. The summed E-state index contributed by atoms with van der Waals surface area (Å²) in [5.74, 6) is 0.344. The van der Waals surface area contributed by atoms with Crippen LogP contribution in [-0.4, -0.2) is 17.4 Å². The number of nitrogens with two attached hydrogens (primary N) is 1. The van der Waals surface area contributed by atoms with Gasteiger partial charge in [0.05, 0.1) is 17.4 Å². The third-order valence-electron chi connectivity index (χ3n) is 2.16. The zero-order valence-electron chi connectivity index (χ0n) is 9.60. The van der Waals surface area contributed by atoms with E-state index in [-0.39, 0.29) is 17.3 Å². The predicted molar refractivity (Wildman–Crippen MR) is 64.5 cm³/mol. The van der Waals surface area contributed by atoms with Crippen LogP contribution in [0.2, 0.25) is 0 Å². The Balaban J connectivity index is 2.64. The monoisotopic (exact) mass is 237 g/mol. The predicted octanol–water partition coefficient (Wildman–Crippen LogP) is 2.00. The number of ether oxygens (including phenoxy) is 1. The van der Waals surface area contributed by atoms with Crippen molar-refractivity contribution in [1.82, 2.24) is 0 Å². The van der Waals surface area contributed by atoms with Crippen molar-refractivity contribution in [2.75, 3.05) is 6.61 Å². The highest BCUT2D eigenvalue weighted by Gasteiger charge is 2.14. The maximum absolute atomic E-state index is 10.8. The summed E-state index contributed by atoms with van der Waals surface area (Å²) in [4.78, 5) is 10.3. The van der Waals surface area contributed by atoms with E-state index in [4.69, 9.17) is 15.9 Å². The Hall–Kier alpha value is -2.11. The molecular weight excluding hydrogens is 222 g/mol. The van der Waals surface area contributed by atoms with E-state index in [1.807, 2.05) is 0 Å². The molecule has 6 nitrogen and oxygen atoms in total. The molecule has 0 saturated carbocycles. The average Bonchev–Trinajstić information content (AvgIpc) is 2.25. The van der Waals surface area contributed by atoms with Crippen LogP contribution < -0.4 is 10.5 Å². The highest BCUT2D eigenvalue weighted by molar-refractivity contribution is 5.76. The van der Waals surface area contributed by atoms with Gasteiger partial charge in [0.25, 0.3) is 0 Å². The molecule has 0 atom stereocenters. The molecule has 0 bridgehead atoms. The lowest BCUT2D eigenvalue weighted by molar-refractivity contribution is -0.385. The zero-order valence-corrected chi connectivity index (χ0v) is 9.60. The third-order valence-corrected chi connectivity index (χ3v) is 2.16. The first-order chi connectivity index (χ1) is 8.00. The SMILES string of the molecule is Cc1ccc(OCCCC(=N)N)c([N+](=O)[O-])c1. The van der Waals surface area contributed by atoms with Crippen LogP contribution >= 0.6 is 0 Å². The molecule has 0 aliphatic rings. The minimum Gasteiger partial charge on any atom is -0.487 e. The van der Waals surface area contributed by atoms with Crippen LogP contribution in [0.4, 0.5) is 5.69 Å². The van der Waals surface area contributed by atoms with Crippen molar-refractivity contribution in [3.8, 4) is 5.75 Å². The Kier molecular flexibility index (Phi) is 4.45. The van der Waals surface area contributed by atoms with E-state index in [9.17, 15) is 10.1 Å². The Bertz CT molecular complexity index is 432. The van der Waals surface area contributed by atoms with Gasteiger partial charge in [-0.25, -0.2) is 0 Å². The summed E-state index contributed by atoms with van der Waals surface area (Å²) in [5, 5.41) is 17.8. The summed E-state index contributed by atoms with van der Waals surface area (Å²) in [6, 6.07) is 4.81. The van der Waals surface area contributed by atoms with E-state index in [0.29, 0.717) is 19.4 Å². The van der Waals surface area contributed by atoms with Crippen molar-refractivity contribution in [3.05, 3.63) is 33.9 Å². The molecule has 0 spiro atoms. The number of rotatable bonds is 6. The number of benzene rings is 1. The van der Waals surface area contributed by atoms with Gasteiger partial charge in [0.2, 0.25) is 0 Å². The molecule has 0 saturated heterocycles. The lowest BCUT2D eigenvalue weighted by Crippen LogP contribution is -2.11. The number of nitrogens with zero attached hydrogens (tertiary/aromatic N) is 1. The van der Waals surface area contributed by atoms with Gasteiger partial charge in [-0.2, -0.15) is 0 Å². The summed E-state index contributed by atoms with van der Waals surface area (Å²) >= 11 is 0. The Morgan fingerprint density at radius 1 is 1.59 bits per heavy atom. The second-order valence-electron chi connectivity index (χ2n) is 3.71. The zero-order chi connectivity index (χ0) is 12.8. The minimum atomic E-state index is -0.465. The van der Waals surface area contributed by atoms with Crippen LogP contribution in [0.3, 0.4) is 0 Å². The van der Waals surface area contributed by atoms with Crippen LogP contribution in [0.15, 0.2) is 18.2 Å². The Labute approximate surface area is 99.0 Å². The van der Waals surface area contributed by atoms with E-state index < -0.39 is 4.92 Å². The van der Waals surface area contributed by atoms with Crippen LogP contribution in [-0.2, 0) is 0 Å². The summed E-state index contributed by atoms with van der Waals surface area (Å²) < 4.78 is 5.31. The fourth-order valence-electron chi connectivity index (χ4n) is 1.34. The van der Waals surface area contributed by atoms with Gasteiger partial charge < -0.3 is 10.5 Å². The summed E-state index contributed by atoms with van der Waals surface area (Å²) in [7, 11) is 0. The standard InChI is InChI=1S/C11H15N3O3/c1-8-4-5-10(9(7-8)14(15)16)17-6-2-3-11(12)13/h4-5,7H,2-3,6H2,1H3,(H3,12,13). The van der Waals surface area contributed by atoms with Gasteiger partial charge in [-0.3, -0.25) is 15.5 Å². The quantitative estimate of drug-likeness (QED) is 0.259. The van der Waals surface area contributed by atoms with Gasteiger partial charge in [-0.15, -0.1) is 0 Å². The van der Waals surface area contributed by atoms with Crippen molar-refractivity contribution in [1.29, 1.82) is 5.41 Å². The molecule has 0 aliphatic heterocycles. The molecule has 0 radical (unpaired) electrons. The number of nitrogens with one attached hydrogen (secondary N) is 1. The van der Waals surface area contributed by atoms with Gasteiger partial charge in [0.1, 0.15) is 0 Å². The molecule has 1 aromatic carbocycles. The molecule has 17 heavy (non-hydrogen) atoms. The largest absolute Gasteiger partial charge is 0.487 e. The number of nitro groups is 1. The van der Waals surface area contributed by atoms with E-state index in [1.165, 1.54) is 6.07 Å². The molecule has 92 valence electrons. The normalized spacial score (nSPS) is 9.94. The van der Waals surface area contributed by atoms with Crippen molar-refractivity contribution < 1.29 is 9.66 Å². The molecule has 0 unspecified atom stereocenters. The lowest BCUT2D eigenvalue weighted by Gasteiger charge is -2.06. The molecular formula is C11H15N3O3. The smallest absolute Gasteiger partial charge is 0.311 e. The highest BCUT2D eigenvalue weighted by Crippen LogP contribution is 2.27. The number of aryl methyl sites for hydroxylation is 1. The maximum atomic E-state index is 10.8. The third kappa shape index (κ3) is 4.10. The topological polar surface area (TPSA) is 102 Å². The summed E-state index contributed by atoms with van der Waals surface area (Å²) in [6.07, 6.45) is 1.00. The number of nitro benzene ring substituents is 1. The molecule has 0 amide bonds. The first-order valence-electron chi connectivity index (χ1n) is 5.21. The molecule has 1 aromatic rings. The molecule has 0 fully saturated rings. The Morgan fingerprint density at radius 3 is 2.88 bits per heavy atom. The van der Waals surface area contributed by atoms with Gasteiger partial charge in [0.15, 0.2) is 5.75 Å². The van der Waals surface area contributed by atoms with Crippen LogP contribution in [0, 0.1) is 22.4 Å². The maximum Gasteiger partial charge on any atom is 0.311 e. The molecule has 3 N–H and O–H groups in total. The summed E-state index contributed by atoms with van der Waals surface area (Å²) in [5.41, 5.74) is 5.97. The Morgan fingerprint density at radius 2 is 2.29 bits per heavy atom. The number of hydrogen-bond donors (Lipinski definition) is 2. The van der Waals surface area contributed by atoms with Crippen molar-refractivity contribution in [2.24, 2.45) is 5.73 Å². The fraction of sp³-hybridized carbons (Fsp3) is 0.364. The van der Waals surface area contributed by atoms with Crippen molar-refractivity contribution in [3.63, 3.8) is 0 Å². The van der Waals surface area contributed by atoms with Gasteiger partial charge >= 0.3 is 5.69 Å². The van der Waals surface area contributed by atoms with Crippen LogP contribution in [0.25, 0.3) is 0 Å². The molecule has 0 aliphatic carbocycles. The van der Waals surface area contributed by atoms with Crippen LogP contribution in [0.1, 0.15) is 18.4 Å². The molecule has 0 heterocycles. The number of amidine groups is 1. The van der Waals surface area contributed by atoms with Gasteiger partial charge in [0, 0.05) is 12.5 Å². The van der Waals surface area contributed by atoms with E-state index in [1.54, 1.807) is 19.1 Å². The van der Waals surface area contributed by atoms with Gasteiger partial charge in [-0.1, -0.05) is 6.07 Å². The van der Waals surface area contributed by atoms with E-state index in [0.717, 1.165) is 5.56 Å². The first kappa shape index (κ1) is 13.0. The fourth-order valence-corrected chi connectivity index (χ4v) is 1.34. The summed E-state index contributed by atoms with van der Waals surface area (Å²) in [6.45, 7) is 2.09. The molecule has 0 aromatic heterocycles. The lowest BCUT2D eigenvalue weighted by atomic mass is 10.2. The number of hydrogen-bond acceptors (Lipinski definition) is 4. The average molecular weight is 237 g/mol. The van der Waals surface area contributed by atoms with Crippen molar-refractivity contribution in [2.45, 2.75) is 19.8 Å². The van der Waals surface area contributed by atoms with Crippen molar-refractivity contribution >= 4 is 11.5 Å². The van der Waals surface area contributed by atoms with E-state index in [2.05, 4.69) is 0 Å². The van der Waals surface area contributed by atoms with E-state index >= 15 is 0 Å². The van der Waals surface area contributed by atoms with Crippen LogP contribution in [0.5, 0.6) is 5.75 Å². The molecule has 6 heteroatoms. The second-order valence-corrected chi connectivity index (χ2v) is 3.71. The molecule has 1 rings (SSSR count).